The first-order valence-corrected chi connectivity index (χ1v) is 3.08. The summed E-state index contributed by atoms with van der Waals surface area (Å²) in [5.74, 6) is -0.519. The van der Waals surface area contributed by atoms with Crippen molar-refractivity contribution in [2.24, 2.45) is 5.73 Å². The molecule has 1 atom stereocenters. The zero-order valence-electron chi connectivity index (χ0n) is 5.87. The molecular formula is C6H11NO3. The van der Waals surface area contributed by atoms with Crippen LogP contribution in [0.5, 0.6) is 0 Å². The third-order valence-corrected chi connectivity index (χ3v) is 0.940. The summed E-state index contributed by atoms with van der Waals surface area (Å²) >= 11 is 0. The van der Waals surface area contributed by atoms with Gasteiger partial charge in [-0.25, -0.2) is 0 Å². The van der Waals surface area contributed by atoms with Gasteiger partial charge in [-0.3, -0.25) is 4.79 Å². The molecule has 2 N–H and O–H groups in total. The average Bonchev–Trinajstić information content (AvgIpc) is 1.89. The first kappa shape index (κ1) is 9.10. The summed E-state index contributed by atoms with van der Waals surface area (Å²) in [5.41, 5.74) is 5.21. The molecule has 1 unspecified atom stereocenters. The maximum Gasteiger partial charge on any atom is 0.323 e. The Hall–Kier alpha value is -0.900. The molecule has 0 aliphatic heterocycles. The van der Waals surface area contributed by atoms with Crippen molar-refractivity contribution < 1.29 is 14.3 Å². The van der Waals surface area contributed by atoms with Crippen molar-refractivity contribution in [1.29, 1.82) is 0 Å². The number of hydrogen-bond donors (Lipinski definition) is 1. The Labute approximate surface area is 59.3 Å². The van der Waals surface area contributed by atoms with Crippen molar-refractivity contribution in [1.82, 2.24) is 0 Å². The third kappa shape index (κ3) is 3.19. The molecule has 0 aromatic carbocycles. The van der Waals surface area contributed by atoms with Crippen molar-refractivity contribution >= 4 is 12.3 Å². The largest absolute Gasteiger partial charge is 0.465 e. The molecule has 0 aromatic heterocycles. The highest BCUT2D eigenvalue weighted by Gasteiger charge is 2.12. The van der Waals surface area contributed by atoms with Crippen LogP contribution in [-0.2, 0) is 14.3 Å². The Kier molecular flexibility index (Phi) is 4.49. The molecule has 58 valence electrons. The number of carbonyl (C=O) groups is 2. The van der Waals surface area contributed by atoms with Crippen molar-refractivity contribution in [3.63, 3.8) is 0 Å². The van der Waals surface area contributed by atoms with Crippen LogP contribution in [0.4, 0.5) is 0 Å². The highest BCUT2D eigenvalue weighted by Crippen LogP contribution is 1.88. The number of rotatable bonds is 4. The fourth-order valence-corrected chi connectivity index (χ4v) is 0.449. The van der Waals surface area contributed by atoms with E-state index < -0.39 is 12.0 Å². The monoisotopic (exact) mass is 145 g/mol. The van der Waals surface area contributed by atoms with Crippen LogP contribution in [-0.4, -0.2) is 24.9 Å². The van der Waals surface area contributed by atoms with Gasteiger partial charge in [-0.1, -0.05) is 0 Å². The van der Waals surface area contributed by atoms with Crippen molar-refractivity contribution in [3.05, 3.63) is 0 Å². The summed E-state index contributed by atoms with van der Waals surface area (Å²) in [6.07, 6.45) is 0.625. The first-order chi connectivity index (χ1) is 4.72. The lowest BCUT2D eigenvalue weighted by molar-refractivity contribution is -0.145. The smallest absolute Gasteiger partial charge is 0.323 e. The van der Waals surface area contributed by atoms with Gasteiger partial charge in [0.25, 0.3) is 0 Å². The molecule has 10 heavy (non-hydrogen) atoms. The Morgan fingerprint density at radius 3 is 2.80 bits per heavy atom. The highest BCUT2D eigenvalue weighted by molar-refractivity contribution is 5.78. The van der Waals surface area contributed by atoms with Gasteiger partial charge in [0.15, 0.2) is 0 Å². The average molecular weight is 145 g/mol. The first-order valence-electron chi connectivity index (χ1n) is 3.08. The van der Waals surface area contributed by atoms with Crippen LogP contribution in [0.1, 0.15) is 13.3 Å². The quantitative estimate of drug-likeness (QED) is 0.426. The fraction of sp³-hybridized carbons (Fsp3) is 0.667. The molecule has 0 aromatic rings. The maximum atomic E-state index is 10.6. The van der Waals surface area contributed by atoms with Crippen LogP contribution in [0.15, 0.2) is 0 Å². The lowest BCUT2D eigenvalue weighted by atomic mass is 10.2. The molecule has 0 amide bonds. The van der Waals surface area contributed by atoms with E-state index in [2.05, 4.69) is 4.74 Å². The van der Waals surface area contributed by atoms with E-state index in [9.17, 15) is 9.59 Å². The molecule has 4 heteroatoms. The van der Waals surface area contributed by atoms with Gasteiger partial charge in [-0.05, 0) is 6.92 Å². The van der Waals surface area contributed by atoms with Crippen LogP contribution < -0.4 is 5.73 Å². The molecule has 0 saturated carbocycles. The molecule has 0 bridgehead atoms. The van der Waals surface area contributed by atoms with Crippen molar-refractivity contribution in [2.45, 2.75) is 19.4 Å². The van der Waals surface area contributed by atoms with Gasteiger partial charge in [-0.15, -0.1) is 0 Å². The third-order valence-electron chi connectivity index (χ3n) is 0.940. The van der Waals surface area contributed by atoms with Crippen LogP contribution in [0.2, 0.25) is 0 Å². The molecular weight excluding hydrogens is 134 g/mol. The second kappa shape index (κ2) is 4.93. The van der Waals surface area contributed by atoms with Gasteiger partial charge < -0.3 is 15.3 Å². The number of carbonyl (C=O) groups excluding carboxylic acids is 2. The minimum atomic E-state index is -0.794. The van der Waals surface area contributed by atoms with E-state index >= 15 is 0 Å². The summed E-state index contributed by atoms with van der Waals surface area (Å²) in [7, 11) is 0. The molecule has 0 rings (SSSR count). The zero-order valence-corrected chi connectivity index (χ0v) is 5.87. The minimum absolute atomic E-state index is 0.0266. The summed E-state index contributed by atoms with van der Waals surface area (Å²) < 4.78 is 4.53. The van der Waals surface area contributed by atoms with Gasteiger partial charge in [0.05, 0.1) is 6.61 Å². The lowest BCUT2D eigenvalue weighted by Crippen LogP contribution is -2.32. The number of hydrogen-bond acceptors (Lipinski definition) is 4. The normalized spacial score (nSPS) is 12.2. The number of esters is 1. The summed E-state index contributed by atoms with van der Waals surface area (Å²) in [6.45, 7) is 1.98. The van der Waals surface area contributed by atoms with E-state index in [1.807, 2.05) is 0 Å². The standard InChI is InChI=1S/C6H11NO3/c1-2-10-6(9)5(7)3-4-8/h4-5H,2-3,7H2,1H3. The van der Waals surface area contributed by atoms with E-state index in [1.165, 1.54) is 0 Å². The van der Waals surface area contributed by atoms with Crippen LogP contribution in [0, 0.1) is 0 Å². The van der Waals surface area contributed by atoms with Gasteiger partial charge in [0, 0.05) is 6.42 Å². The summed E-state index contributed by atoms with van der Waals surface area (Å²) in [6, 6.07) is -0.794. The fourth-order valence-electron chi connectivity index (χ4n) is 0.449. The molecule has 0 aliphatic rings. The van der Waals surface area contributed by atoms with E-state index in [-0.39, 0.29) is 6.42 Å². The maximum absolute atomic E-state index is 10.6. The number of aldehydes is 1. The second-order valence-corrected chi connectivity index (χ2v) is 1.76. The molecule has 0 heterocycles. The molecule has 4 nitrogen and oxygen atoms in total. The van der Waals surface area contributed by atoms with Gasteiger partial charge in [0.1, 0.15) is 12.3 Å². The molecule has 0 spiro atoms. The zero-order chi connectivity index (χ0) is 7.98. The Bertz CT molecular complexity index is 124. The van der Waals surface area contributed by atoms with Gasteiger partial charge in [-0.2, -0.15) is 0 Å². The van der Waals surface area contributed by atoms with Crippen LogP contribution in [0.25, 0.3) is 0 Å². The van der Waals surface area contributed by atoms with Gasteiger partial charge >= 0.3 is 5.97 Å². The van der Waals surface area contributed by atoms with Gasteiger partial charge in [0.2, 0.25) is 0 Å². The molecule has 0 fully saturated rings. The van der Waals surface area contributed by atoms with Crippen molar-refractivity contribution in [2.75, 3.05) is 6.61 Å². The Balaban J connectivity index is 3.58. The minimum Gasteiger partial charge on any atom is -0.465 e. The molecule has 0 saturated heterocycles. The SMILES string of the molecule is CCOC(=O)C(N)CC=O. The molecule has 0 radical (unpaired) electrons. The number of ether oxygens (including phenoxy) is 1. The molecule has 0 aliphatic carbocycles. The number of nitrogens with two attached hydrogens (primary N) is 1. The van der Waals surface area contributed by atoms with Crippen molar-refractivity contribution in [3.8, 4) is 0 Å². The van der Waals surface area contributed by atoms with E-state index in [0.717, 1.165) is 0 Å². The lowest BCUT2D eigenvalue weighted by Gasteiger charge is -2.05. The Morgan fingerprint density at radius 2 is 2.40 bits per heavy atom. The summed E-state index contributed by atoms with van der Waals surface area (Å²) in [5, 5.41) is 0. The van der Waals surface area contributed by atoms with Crippen LogP contribution in [0.3, 0.4) is 0 Å². The van der Waals surface area contributed by atoms with Crippen LogP contribution >= 0.6 is 0 Å². The van der Waals surface area contributed by atoms with E-state index in [0.29, 0.717) is 12.9 Å². The van der Waals surface area contributed by atoms with E-state index in [1.54, 1.807) is 6.92 Å². The predicted molar refractivity (Wildman–Crippen MR) is 35.3 cm³/mol. The Morgan fingerprint density at radius 1 is 1.80 bits per heavy atom. The second-order valence-electron chi connectivity index (χ2n) is 1.76. The highest BCUT2D eigenvalue weighted by atomic mass is 16.5. The van der Waals surface area contributed by atoms with E-state index in [4.69, 9.17) is 5.73 Å². The summed E-state index contributed by atoms with van der Waals surface area (Å²) in [4.78, 5) is 20.5. The topological polar surface area (TPSA) is 69.4 Å². The predicted octanol–water partition coefficient (Wildman–Crippen LogP) is -0.534.